The molecule has 0 aliphatic carbocycles. The third-order valence-electron chi connectivity index (χ3n) is 2.80. The standard InChI is InChI=1S/C12H18N2S/c1-15-12-6-4-10(5-7-12)14-9-11-3-2-8-13-11/h4-7,11,13-14H,2-3,8-9H2,1H3. The van der Waals surface area contributed by atoms with Gasteiger partial charge in [-0.05, 0) is 49.9 Å². The summed E-state index contributed by atoms with van der Waals surface area (Å²) >= 11 is 1.78. The topological polar surface area (TPSA) is 24.1 Å². The van der Waals surface area contributed by atoms with Crippen molar-refractivity contribution >= 4 is 17.4 Å². The molecule has 1 aromatic carbocycles. The summed E-state index contributed by atoms with van der Waals surface area (Å²) in [5.41, 5.74) is 1.22. The van der Waals surface area contributed by atoms with Crippen LogP contribution in [0.1, 0.15) is 12.8 Å². The number of hydrogen-bond acceptors (Lipinski definition) is 3. The molecule has 1 aliphatic rings. The third-order valence-corrected chi connectivity index (χ3v) is 3.55. The van der Waals surface area contributed by atoms with E-state index in [1.807, 2.05) is 0 Å². The van der Waals surface area contributed by atoms with Crippen molar-refractivity contribution in [2.75, 3.05) is 24.7 Å². The van der Waals surface area contributed by atoms with Gasteiger partial charge in [-0.2, -0.15) is 0 Å². The summed E-state index contributed by atoms with van der Waals surface area (Å²) in [5.74, 6) is 0. The van der Waals surface area contributed by atoms with Crippen molar-refractivity contribution in [2.24, 2.45) is 0 Å². The molecule has 2 rings (SSSR count). The van der Waals surface area contributed by atoms with Crippen molar-refractivity contribution in [2.45, 2.75) is 23.8 Å². The van der Waals surface area contributed by atoms with E-state index in [1.165, 1.54) is 30.0 Å². The van der Waals surface area contributed by atoms with Gasteiger partial charge in [0.25, 0.3) is 0 Å². The molecule has 0 saturated carbocycles. The van der Waals surface area contributed by atoms with Gasteiger partial charge in [-0.15, -0.1) is 11.8 Å². The van der Waals surface area contributed by atoms with Crippen molar-refractivity contribution in [1.82, 2.24) is 5.32 Å². The highest BCUT2D eigenvalue weighted by molar-refractivity contribution is 7.98. The van der Waals surface area contributed by atoms with Crippen LogP contribution in [-0.4, -0.2) is 25.4 Å². The van der Waals surface area contributed by atoms with Crippen molar-refractivity contribution in [3.63, 3.8) is 0 Å². The molecule has 2 N–H and O–H groups in total. The Balaban J connectivity index is 1.82. The van der Waals surface area contributed by atoms with Gasteiger partial charge in [0, 0.05) is 23.2 Å². The monoisotopic (exact) mass is 222 g/mol. The zero-order valence-corrected chi connectivity index (χ0v) is 9.94. The molecule has 0 amide bonds. The van der Waals surface area contributed by atoms with Crippen LogP contribution in [0.3, 0.4) is 0 Å². The molecule has 1 unspecified atom stereocenters. The van der Waals surface area contributed by atoms with Gasteiger partial charge < -0.3 is 10.6 Å². The molecular weight excluding hydrogens is 204 g/mol. The van der Waals surface area contributed by atoms with Crippen LogP contribution in [0.2, 0.25) is 0 Å². The lowest BCUT2D eigenvalue weighted by atomic mass is 10.2. The fraction of sp³-hybridized carbons (Fsp3) is 0.500. The van der Waals surface area contributed by atoms with Crippen LogP contribution in [-0.2, 0) is 0 Å². The number of nitrogens with one attached hydrogen (secondary N) is 2. The summed E-state index contributed by atoms with van der Waals surface area (Å²) in [6, 6.07) is 9.29. The van der Waals surface area contributed by atoms with Gasteiger partial charge in [0.05, 0.1) is 0 Å². The molecule has 1 aliphatic heterocycles. The predicted molar refractivity (Wildman–Crippen MR) is 67.7 cm³/mol. The average molecular weight is 222 g/mol. The Kier molecular flexibility index (Phi) is 3.92. The van der Waals surface area contributed by atoms with Gasteiger partial charge in [-0.25, -0.2) is 0 Å². The lowest BCUT2D eigenvalue weighted by Gasteiger charge is -2.12. The maximum Gasteiger partial charge on any atom is 0.0341 e. The second-order valence-corrected chi connectivity index (χ2v) is 4.78. The number of benzene rings is 1. The fourth-order valence-corrected chi connectivity index (χ4v) is 2.29. The largest absolute Gasteiger partial charge is 0.383 e. The molecule has 0 bridgehead atoms. The van der Waals surface area contributed by atoms with E-state index in [0.29, 0.717) is 6.04 Å². The molecule has 1 fully saturated rings. The average Bonchev–Trinajstić information content (AvgIpc) is 2.80. The van der Waals surface area contributed by atoms with E-state index in [4.69, 9.17) is 0 Å². The highest BCUT2D eigenvalue weighted by atomic mass is 32.2. The van der Waals surface area contributed by atoms with E-state index in [0.717, 1.165) is 6.54 Å². The summed E-state index contributed by atoms with van der Waals surface area (Å²) in [4.78, 5) is 1.32. The predicted octanol–water partition coefficient (Wildman–Crippen LogP) is 2.57. The third kappa shape index (κ3) is 3.14. The second-order valence-electron chi connectivity index (χ2n) is 3.90. The maximum atomic E-state index is 3.48. The van der Waals surface area contributed by atoms with Crippen LogP contribution in [0.15, 0.2) is 29.2 Å². The molecule has 1 saturated heterocycles. The minimum Gasteiger partial charge on any atom is -0.383 e. The molecule has 0 aromatic heterocycles. The van der Waals surface area contributed by atoms with E-state index in [1.54, 1.807) is 11.8 Å². The number of rotatable bonds is 4. The number of hydrogen-bond donors (Lipinski definition) is 2. The van der Waals surface area contributed by atoms with E-state index < -0.39 is 0 Å². The van der Waals surface area contributed by atoms with Gasteiger partial charge in [0.1, 0.15) is 0 Å². The summed E-state index contributed by atoms with van der Waals surface area (Å²) in [5, 5.41) is 6.95. The first-order chi connectivity index (χ1) is 7.38. The Morgan fingerprint density at radius 1 is 1.40 bits per heavy atom. The van der Waals surface area contributed by atoms with E-state index in [-0.39, 0.29) is 0 Å². The van der Waals surface area contributed by atoms with Crippen LogP contribution in [0.5, 0.6) is 0 Å². The van der Waals surface area contributed by atoms with Crippen LogP contribution >= 0.6 is 11.8 Å². The molecule has 82 valence electrons. The molecule has 3 heteroatoms. The minimum absolute atomic E-state index is 0.658. The van der Waals surface area contributed by atoms with Crippen LogP contribution < -0.4 is 10.6 Å². The maximum absolute atomic E-state index is 3.48. The molecule has 1 aromatic rings. The Hall–Kier alpha value is -0.670. The van der Waals surface area contributed by atoms with Crippen LogP contribution in [0, 0.1) is 0 Å². The molecule has 0 spiro atoms. The fourth-order valence-electron chi connectivity index (χ4n) is 1.88. The van der Waals surface area contributed by atoms with Crippen LogP contribution in [0.25, 0.3) is 0 Å². The van der Waals surface area contributed by atoms with Gasteiger partial charge >= 0.3 is 0 Å². The van der Waals surface area contributed by atoms with Crippen molar-refractivity contribution < 1.29 is 0 Å². The first kappa shape index (κ1) is 10.8. The molecule has 15 heavy (non-hydrogen) atoms. The van der Waals surface area contributed by atoms with Crippen molar-refractivity contribution in [3.05, 3.63) is 24.3 Å². The first-order valence-electron chi connectivity index (χ1n) is 5.50. The van der Waals surface area contributed by atoms with Gasteiger partial charge in [0.15, 0.2) is 0 Å². The highest BCUT2D eigenvalue weighted by Gasteiger charge is 2.12. The smallest absolute Gasteiger partial charge is 0.0341 e. The summed E-state index contributed by atoms with van der Waals surface area (Å²) in [6.07, 6.45) is 4.72. The quantitative estimate of drug-likeness (QED) is 0.766. The Morgan fingerprint density at radius 3 is 2.80 bits per heavy atom. The zero-order chi connectivity index (χ0) is 10.5. The Labute approximate surface area is 95.8 Å². The molecular formula is C12H18N2S. The van der Waals surface area contributed by atoms with E-state index in [9.17, 15) is 0 Å². The lowest BCUT2D eigenvalue weighted by molar-refractivity contribution is 0.633. The number of thioether (sulfide) groups is 1. The van der Waals surface area contributed by atoms with Crippen molar-refractivity contribution in [3.8, 4) is 0 Å². The molecule has 0 radical (unpaired) electrons. The molecule has 1 atom stereocenters. The van der Waals surface area contributed by atoms with Gasteiger partial charge in [-0.3, -0.25) is 0 Å². The van der Waals surface area contributed by atoms with Gasteiger partial charge in [-0.1, -0.05) is 0 Å². The van der Waals surface area contributed by atoms with Crippen LogP contribution in [0.4, 0.5) is 5.69 Å². The summed E-state index contributed by atoms with van der Waals surface area (Å²) in [6.45, 7) is 2.22. The Bertz CT molecular complexity index is 291. The lowest BCUT2D eigenvalue weighted by Crippen LogP contribution is -2.29. The zero-order valence-electron chi connectivity index (χ0n) is 9.12. The number of anilines is 1. The summed E-state index contributed by atoms with van der Waals surface area (Å²) < 4.78 is 0. The summed E-state index contributed by atoms with van der Waals surface area (Å²) in [7, 11) is 0. The van der Waals surface area contributed by atoms with E-state index >= 15 is 0 Å². The SMILES string of the molecule is CSc1ccc(NCC2CCCN2)cc1. The normalized spacial score (nSPS) is 20.5. The first-order valence-corrected chi connectivity index (χ1v) is 6.72. The Morgan fingerprint density at radius 2 is 2.20 bits per heavy atom. The minimum atomic E-state index is 0.658. The molecule has 1 heterocycles. The van der Waals surface area contributed by atoms with Gasteiger partial charge in [0.2, 0.25) is 0 Å². The highest BCUT2D eigenvalue weighted by Crippen LogP contribution is 2.17. The molecule has 2 nitrogen and oxygen atoms in total. The van der Waals surface area contributed by atoms with E-state index in [2.05, 4.69) is 41.2 Å². The second kappa shape index (κ2) is 5.42. The van der Waals surface area contributed by atoms with Crippen molar-refractivity contribution in [1.29, 1.82) is 0 Å².